The summed E-state index contributed by atoms with van der Waals surface area (Å²) in [6.45, 7) is 2.27. The van der Waals surface area contributed by atoms with Gasteiger partial charge in [0.05, 0.1) is 7.11 Å². The lowest BCUT2D eigenvalue weighted by Gasteiger charge is -2.29. The van der Waals surface area contributed by atoms with E-state index in [4.69, 9.17) is 9.47 Å². The van der Waals surface area contributed by atoms with Gasteiger partial charge in [0, 0.05) is 30.8 Å². The highest BCUT2D eigenvalue weighted by atomic mass is 16.6. The van der Waals surface area contributed by atoms with Crippen LogP contribution in [0.2, 0.25) is 0 Å². The number of benzene rings is 2. The molecule has 0 aromatic heterocycles. The van der Waals surface area contributed by atoms with Gasteiger partial charge in [-0.2, -0.15) is 0 Å². The average Bonchev–Trinajstić information content (AvgIpc) is 2.78. The van der Waals surface area contributed by atoms with Gasteiger partial charge in [-0.15, -0.1) is 0 Å². The molecule has 0 saturated heterocycles. The van der Waals surface area contributed by atoms with Crippen LogP contribution in [0.25, 0.3) is 11.1 Å². The molecule has 0 atom stereocenters. The number of ketones is 1. The second-order valence-corrected chi connectivity index (χ2v) is 7.67. The van der Waals surface area contributed by atoms with E-state index in [0.29, 0.717) is 18.2 Å². The van der Waals surface area contributed by atoms with E-state index in [1.807, 2.05) is 36.4 Å². The zero-order valence-electron chi connectivity index (χ0n) is 17.9. The molecule has 30 heavy (non-hydrogen) atoms. The fraction of sp³-hybridized carbons (Fsp3) is 0.417. The summed E-state index contributed by atoms with van der Waals surface area (Å²) in [5.74, 6) is 0.897. The summed E-state index contributed by atoms with van der Waals surface area (Å²) in [6.07, 6.45) is 3.28. The van der Waals surface area contributed by atoms with Crippen LogP contribution < -0.4 is 15.4 Å². The molecule has 0 bridgehead atoms. The molecule has 0 unspecified atom stereocenters. The van der Waals surface area contributed by atoms with Crippen molar-refractivity contribution in [2.45, 2.75) is 51.3 Å². The Balaban J connectivity index is 1.65. The first-order valence-electron chi connectivity index (χ1n) is 10.4. The van der Waals surface area contributed by atoms with E-state index < -0.39 is 0 Å². The number of amides is 1. The maximum Gasteiger partial charge on any atom is 0.407 e. The number of rotatable bonds is 7. The number of alkyl carbamates (subject to hydrolysis) is 1. The van der Waals surface area contributed by atoms with Gasteiger partial charge < -0.3 is 20.1 Å². The predicted octanol–water partition coefficient (Wildman–Crippen LogP) is 4.32. The van der Waals surface area contributed by atoms with E-state index in [9.17, 15) is 9.59 Å². The van der Waals surface area contributed by atoms with Gasteiger partial charge >= 0.3 is 6.09 Å². The molecule has 1 aliphatic rings. The molecule has 160 valence electrons. The van der Waals surface area contributed by atoms with Crippen LogP contribution in [0.3, 0.4) is 0 Å². The van der Waals surface area contributed by atoms with Crippen molar-refractivity contribution >= 4 is 11.9 Å². The van der Waals surface area contributed by atoms with Gasteiger partial charge in [-0.1, -0.05) is 24.3 Å². The molecule has 1 amide bonds. The number of carbonyl (C=O) groups is 2. The number of hydrogen-bond acceptors (Lipinski definition) is 5. The first-order chi connectivity index (χ1) is 14.5. The van der Waals surface area contributed by atoms with Crippen LogP contribution in [-0.2, 0) is 11.3 Å². The fourth-order valence-electron chi connectivity index (χ4n) is 3.86. The summed E-state index contributed by atoms with van der Waals surface area (Å²) >= 11 is 0. The first kappa shape index (κ1) is 21.8. The van der Waals surface area contributed by atoms with Crippen LogP contribution in [0.1, 0.15) is 48.5 Å². The number of nitrogens with one attached hydrogen (secondary N) is 2. The quantitative estimate of drug-likeness (QED) is 0.665. The summed E-state index contributed by atoms with van der Waals surface area (Å²) < 4.78 is 10.9. The van der Waals surface area contributed by atoms with Crippen molar-refractivity contribution in [1.29, 1.82) is 0 Å². The van der Waals surface area contributed by atoms with Crippen LogP contribution >= 0.6 is 0 Å². The third-order valence-corrected chi connectivity index (χ3v) is 5.62. The largest absolute Gasteiger partial charge is 0.496 e. The SMILES string of the molecule is CNC(=O)OC1CCC(NCc2cc(-c3cccc(C(C)=O)c3)ccc2OC)CC1. The number of methoxy groups -OCH3 is 1. The summed E-state index contributed by atoms with van der Waals surface area (Å²) in [5.41, 5.74) is 3.85. The Kier molecular flexibility index (Phi) is 7.46. The minimum Gasteiger partial charge on any atom is -0.496 e. The van der Waals surface area contributed by atoms with Crippen LogP contribution in [0, 0.1) is 0 Å². The lowest BCUT2D eigenvalue weighted by atomic mass is 9.92. The molecule has 1 fully saturated rings. The Bertz CT molecular complexity index is 889. The molecule has 2 N–H and O–H groups in total. The number of Topliss-reactive ketones (excluding diaryl/α,β-unsaturated/α-hetero) is 1. The van der Waals surface area contributed by atoms with Crippen molar-refractivity contribution in [3.8, 4) is 16.9 Å². The van der Waals surface area contributed by atoms with E-state index in [0.717, 1.165) is 48.1 Å². The van der Waals surface area contributed by atoms with Gasteiger partial charge in [0.25, 0.3) is 0 Å². The molecular weight excluding hydrogens is 380 g/mol. The second-order valence-electron chi connectivity index (χ2n) is 7.67. The first-order valence-corrected chi connectivity index (χ1v) is 10.4. The Morgan fingerprint density at radius 3 is 2.43 bits per heavy atom. The van der Waals surface area contributed by atoms with Crippen LogP contribution in [0.5, 0.6) is 5.75 Å². The molecule has 6 heteroatoms. The maximum absolute atomic E-state index is 11.7. The third kappa shape index (κ3) is 5.60. The highest BCUT2D eigenvalue weighted by molar-refractivity contribution is 5.95. The Morgan fingerprint density at radius 2 is 1.77 bits per heavy atom. The zero-order chi connectivity index (χ0) is 21.5. The standard InChI is InChI=1S/C24H30N2O4/c1-16(27)17-5-4-6-18(13-17)19-7-12-23(29-3)20(14-19)15-26-21-8-10-22(11-9-21)30-24(28)25-2/h4-7,12-14,21-22,26H,8-11,15H2,1-3H3,(H,25,28). The highest BCUT2D eigenvalue weighted by Gasteiger charge is 2.23. The minimum atomic E-state index is -0.359. The van der Waals surface area contributed by atoms with Gasteiger partial charge in [-0.3, -0.25) is 4.79 Å². The molecular formula is C24H30N2O4. The van der Waals surface area contributed by atoms with Crippen LogP contribution in [0.15, 0.2) is 42.5 Å². The van der Waals surface area contributed by atoms with Crippen LogP contribution in [-0.4, -0.2) is 38.2 Å². The van der Waals surface area contributed by atoms with Gasteiger partial charge in [-0.25, -0.2) is 4.79 Å². The topological polar surface area (TPSA) is 76.7 Å². The van der Waals surface area contributed by atoms with E-state index in [1.165, 1.54) is 0 Å². The van der Waals surface area contributed by atoms with Crippen molar-refractivity contribution < 1.29 is 19.1 Å². The Labute approximate surface area is 178 Å². The average molecular weight is 411 g/mol. The Hall–Kier alpha value is -2.86. The van der Waals surface area contributed by atoms with Crippen molar-refractivity contribution in [1.82, 2.24) is 10.6 Å². The molecule has 2 aromatic carbocycles. The van der Waals surface area contributed by atoms with Gasteiger partial charge in [0.15, 0.2) is 5.78 Å². The normalized spacial score (nSPS) is 18.5. The maximum atomic E-state index is 11.7. The van der Waals surface area contributed by atoms with E-state index in [1.54, 1.807) is 21.1 Å². The molecule has 1 aliphatic carbocycles. The number of carbonyl (C=O) groups excluding carboxylic acids is 2. The summed E-state index contributed by atoms with van der Waals surface area (Å²) in [4.78, 5) is 23.1. The predicted molar refractivity (Wildman–Crippen MR) is 117 cm³/mol. The van der Waals surface area contributed by atoms with Gasteiger partial charge in [0.1, 0.15) is 11.9 Å². The molecule has 3 rings (SSSR count). The minimum absolute atomic E-state index is 0.00517. The molecule has 1 saturated carbocycles. The van der Waals surface area contributed by atoms with E-state index >= 15 is 0 Å². The molecule has 2 aromatic rings. The van der Waals surface area contributed by atoms with Crippen molar-refractivity contribution in [3.63, 3.8) is 0 Å². The van der Waals surface area contributed by atoms with E-state index in [2.05, 4.69) is 16.7 Å². The van der Waals surface area contributed by atoms with Crippen molar-refractivity contribution in [2.75, 3.05) is 14.2 Å². The fourth-order valence-corrected chi connectivity index (χ4v) is 3.86. The van der Waals surface area contributed by atoms with Gasteiger partial charge in [0.2, 0.25) is 0 Å². The third-order valence-electron chi connectivity index (χ3n) is 5.62. The summed E-state index contributed by atoms with van der Waals surface area (Å²) in [6, 6.07) is 14.2. The Morgan fingerprint density at radius 1 is 1.03 bits per heavy atom. The van der Waals surface area contributed by atoms with Crippen molar-refractivity contribution in [2.24, 2.45) is 0 Å². The molecule has 0 radical (unpaired) electrons. The van der Waals surface area contributed by atoms with E-state index in [-0.39, 0.29) is 18.0 Å². The number of ether oxygens (including phenoxy) is 2. The zero-order valence-corrected chi connectivity index (χ0v) is 17.9. The number of hydrogen-bond donors (Lipinski definition) is 2. The van der Waals surface area contributed by atoms with Gasteiger partial charge in [-0.05, 0) is 61.9 Å². The van der Waals surface area contributed by atoms with Crippen molar-refractivity contribution in [3.05, 3.63) is 53.6 Å². The molecule has 0 spiro atoms. The summed E-state index contributed by atoms with van der Waals surface area (Å²) in [5, 5.41) is 6.12. The monoisotopic (exact) mass is 410 g/mol. The second kappa shape index (κ2) is 10.3. The molecule has 6 nitrogen and oxygen atoms in total. The smallest absolute Gasteiger partial charge is 0.407 e. The summed E-state index contributed by atoms with van der Waals surface area (Å²) in [7, 11) is 3.25. The highest BCUT2D eigenvalue weighted by Crippen LogP contribution is 2.28. The lowest BCUT2D eigenvalue weighted by Crippen LogP contribution is -2.36. The molecule has 0 aliphatic heterocycles. The van der Waals surface area contributed by atoms with Crippen LogP contribution in [0.4, 0.5) is 4.79 Å². The lowest BCUT2D eigenvalue weighted by molar-refractivity contribution is 0.0701. The molecule has 0 heterocycles.